The van der Waals surface area contributed by atoms with Crippen LogP contribution in [0, 0.1) is 5.92 Å². The minimum absolute atomic E-state index is 0.0577. The Bertz CT molecular complexity index is 1090. The summed E-state index contributed by atoms with van der Waals surface area (Å²) in [5.74, 6) is 2.00. The number of anilines is 1. The second-order valence-corrected chi connectivity index (χ2v) is 9.43. The predicted octanol–water partition coefficient (Wildman–Crippen LogP) is 4.27. The van der Waals surface area contributed by atoms with Gasteiger partial charge >= 0.3 is 0 Å². The van der Waals surface area contributed by atoms with Crippen LogP contribution in [0.1, 0.15) is 31.2 Å². The van der Waals surface area contributed by atoms with Crippen LogP contribution in [-0.4, -0.2) is 53.0 Å². The highest BCUT2D eigenvalue weighted by Gasteiger charge is 2.30. The SMILES string of the molecule is O=C(NC1CCN(Cc2ccccc2)CC1)[C@@H]1CCCN(c2nccnc2Oc2ccccc2)C1. The van der Waals surface area contributed by atoms with Crippen molar-refractivity contribution < 1.29 is 9.53 Å². The highest BCUT2D eigenvalue weighted by atomic mass is 16.5. The Kier molecular flexibility index (Phi) is 7.53. The van der Waals surface area contributed by atoms with Crippen molar-refractivity contribution in [1.29, 1.82) is 0 Å². The van der Waals surface area contributed by atoms with Crippen molar-refractivity contribution in [3.8, 4) is 11.6 Å². The number of nitrogens with zero attached hydrogens (tertiary/aromatic N) is 4. The van der Waals surface area contributed by atoms with Crippen molar-refractivity contribution in [2.75, 3.05) is 31.1 Å². The molecule has 1 N–H and O–H groups in total. The molecule has 5 rings (SSSR count). The summed E-state index contributed by atoms with van der Waals surface area (Å²) in [5, 5.41) is 3.34. The number of likely N-dealkylation sites (tertiary alicyclic amines) is 1. The number of nitrogens with one attached hydrogen (secondary N) is 1. The Balaban J connectivity index is 1.15. The van der Waals surface area contributed by atoms with Gasteiger partial charge in [-0.25, -0.2) is 9.97 Å². The molecule has 1 atom stereocenters. The van der Waals surface area contributed by atoms with Gasteiger partial charge < -0.3 is 15.0 Å². The number of rotatable bonds is 7. The van der Waals surface area contributed by atoms with Crippen molar-refractivity contribution in [2.24, 2.45) is 5.92 Å². The Morgan fingerprint density at radius 2 is 1.63 bits per heavy atom. The quantitative estimate of drug-likeness (QED) is 0.555. The summed E-state index contributed by atoms with van der Waals surface area (Å²) in [5.41, 5.74) is 1.34. The van der Waals surface area contributed by atoms with Crippen LogP contribution in [-0.2, 0) is 11.3 Å². The van der Waals surface area contributed by atoms with E-state index < -0.39 is 0 Å². The van der Waals surface area contributed by atoms with E-state index in [0.29, 0.717) is 18.2 Å². The van der Waals surface area contributed by atoms with Crippen LogP contribution in [0.5, 0.6) is 11.6 Å². The zero-order chi connectivity index (χ0) is 23.9. The lowest BCUT2D eigenvalue weighted by Crippen LogP contribution is -2.49. The fourth-order valence-corrected chi connectivity index (χ4v) is 4.99. The molecule has 3 heterocycles. The smallest absolute Gasteiger partial charge is 0.263 e. The van der Waals surface area contributed by atoms with Crippen molar-refractivity contribution in [3.05, 3.63) is 78.6 Å². The number of para-hydroxylation sites is 1. The maximum absolute atomic E-state index is 13.2. The van der Waals surface area contributed by atoms with Gasteiger partial charge in [-0.2, -0.15) is 0 Å². The van der Waals surface area contributed by atoms with E-state index in [1.54, 1.807) is 12.4 Å². The van der Waals surface area contributed by atoms with E-state index in [1.165, 1.54) is 5.56 Å². The first-order chi connectivity index (χ1) is 17.2. The first kappa shape index (κ1) is 23.3. The van der Waals surface area contributed by atoms with E-state index in [0.717, 1.165) is 57.6 Å². The molecular weight excluding hydrogens is 438 g/mol. The summed E-state index contributed by atoms with van der Waals surface area (Å²) in [6.45, 7) is 4.46. The van der Waals surface area contributed by atoms with Gasteiger partial charge in [-0.1, -0.05) is 48.5 Å². The monoisotopic (exact) mass is 471 g/mol. The summed E-state index contributed by atoms with van der Waals surface area (Å²) in [6, 6.07) is 20.4. The van der Waals surface area contributed by atoms with Gasteiger partial charge in [0.15, 0.2) is 5.82 Å². The number of carbonyl (C=O) groups is 1. The molecule has 1 amide bonds. The van der Waals surface area contributed by atoms with Gasteiger partial charge in [0.1, 0.15) is 5.75 Å². The van der Waals surface area contributed by atoms with E-state index in [1.807, 2.05) is 30.3 Å². The molecular formula is C28H33N5O2. The van der Waals surface area contributed by atoms with Crippen LogP contribution in [0.4, 0.5) is 5.82 Å². The van der Waals surface area contributed by atoms with Gasteiger partial charge in [-0.3, -0.25) is 9.69 Å². The Morgan fingerprint density at radius 3 is 2.40 bits per heavy atom. The number of aromatic nitrogens is 2. The van der Waals surface area contributed by atoms with Gasteiger partial charge in [-0.05, 0) is 43.4 Å². The molecule has 0 radical (unpaired) electrons. The van der Waals surface area contributed by atoms with Crippen molar-refractivity contribution in [2.45, 2.75) is 38.3 Å². The average Bonchev–Trinajstić information content (AvgIpc) is 2.91. The van der Waals surface area contributed by atoms with Crippen molar-refractivity contribution >= 4 is 11.7 Å². The molecule has 0 bridgehead atoms. The lowest BCUT2D eigenvalue weighted by molar-refractivity contribution is -0.126. The number of piperidine rings is 2. The summed E-state index contributed by atoms with van der Waals surface area (Å²) < 4.78 is 6.01. The molecule has 0 spiro atoms. The van der Waals surface area contributed by atoms with Crippen LogP contribution < -0.4 is 15.0 Å². The molecule has 35 heavy (non-hydrogen) atoms. The maximum atomic E-state index is 13.2. The number of amides is 1. The first-order valence-corrected chi connectivity index (χ1v) is 12.6. The third-order valence-corrected chi connectivity index (χ3v) is 6.88. The van der Waals surface area contributed by atoms with Gasteiger partial charge in [0, 0.05) is 51.2 Å². The number of benzene rings is 2. The minimum atomic E-state index is -0.0577. The standard InChI is InChI=1S/C28H33N5O2/c34-27(31-24-13-18-32(19-14-24)20-22-8-3-1-4-9-22)23-10-7-17-33(21-23)26-28(30-16-15-29-26)35-25-11-5-2-6-12-25/h1-6,8-9,11-12,15-16,23-24H,7,10,13-14,17-21H2,(H,31,34)/t23-/m1/s1. The molecule has 7 heteroatoms. The van der Waals surface area contributed by atoms with E-state index in [2.05, 4.69) is 55.4 Å². The fraction of sp³-hybridized carbons (Fsp3) is 0.393. The topological polar surface area (TPSA) is 70.6 Å². The van der Waals surface area contributed by atoms with Crippen molar-refractivity contribution in [1.82, 2.24) is 20.2 Å². The normalized spacial score (nSPS) is 19.3. The van der Waals surface area contributed by atoms with Crippen molar-refractivity contribution in [3.63, 3.8) is 0 Å². The Hall–Kier alpha value is -3.45. The number of carbonyl (C=O) groups excluding carboxylic acids is 1. The molecule has 0 saturated carbocycles. The highest BCUT2D eigenvalue weighted by molar-refractivity contribution is 5.80. The van der Waals surface area contributed by atoms with Gasteiger partial charge in [-0.15, -0.1) is 0 Å². The molecule has 0 aliphatic carbocycles. The predicted molar refractivity (Wildman–Crippen MR) is 136 cm³/mol. The second-order valence-electron chi connectivity index (χ2n) is 9.43. The summed E-state index contributed by atoms with van der Waals surface area (Å²) in [6.07, 6.45) is 7.14. The lowest BCUT2D eigenvalue weighted by Gasteiger charge is -2.36. The molecule has 2 fully saturated rings. The molecule has 2 aliphatic rings. The molecule has 7 nitrogen and oxygen atoms in total. The minimum Gasteiger partial charge on any atom is -0.436 e. The second kappa shape index (κ2) is 11.3. The molecule has 2 aromatic carbocycles. The van der Waals surface area contributed by atoms with Crippen LogP contribution >= 0.6 is 0 Å². The third-order valence-electron chi connectivity index (χ3n) is 6.88. The third kappa shape index (κ3) is 6.17. The lowest BCUT2D eigenvalue weighted by atomic mass is 9.95. The Morgan fingerprint density at radius 1 is 0.914 bits per heavy atom. The number of ether oxygens (including phenoxy) is 1. The van der Waals surface area contributed by atoms with Crippen LogP contribution in [0.15, 0.2) is 73.1 Å². The average molecular weight is 472 g/mol. The number of hydrogen-bond donors (Lipinski definition) is 1. The van der Waals surface area contributed by atoms with E-state index in [-0.39, 0.29) is 17.9 Å². The summed E-state index contributed by atoms with van der Waals surface area (Å²) in [4.78, 5) is 26.8. The van der Waals surface area contributed by atoms with Crippen LogP contribution in [0.3, 0.4) is 0 Å². The molecule has 2 aliphatic heterocycles. The van der Waals surface area contributed by atoms with Gasteiger partial charge in [0.2, 0.25) is 5.91 Å². The molecule has 1 aromatic heterocycles. The van der Waals surface area contributed by atoms with Crippen LogP contribution in [0.2, 0.25) is 0 Å². The molecule has 182 valence electrons. The van der Waals surface area contributed by atoms with Gasteiger partial charge in [0.25, 0.3) is 5.88 Å². The summed E-state index contributed by atoms with van der Waals surface area (Å²) >= 11 is 0. The number of hydrogen-bond acceptors (Lipinski definition) is 6. The Labute approximate surface area is 207 Å². The molecule has 3 aromatic rings. The maximum Gasteiger partial charge on any atom is 0.263 e. The highest BCUT2D eigenvalue weighted by Crippen LogP contribution is 2.31. The van der Waals surface area contributed by atoms with Gasteiger partial charge in [0.05, 0.1) is 5.92 Å². The zero-order valence-corrected chi connectivity index (χ0v) is 20.1. The van der Waals surface area contributed by atoms with E-state index >= 15 is 0 Å². The largest absolute Gasteiger partial charge is 0.436 e. The summed E-state index contributed by atoms with van der Waals surface area (Å²) in [7, 11) is 0. The molecule has 2 saturated heterocycles. The fourth-order valence-electron chi connectivity index (χ4n) is 4.99. The first-order valence-electron chi connectivity index (χ1n) is 12.6. The van der Waals surface area contributed by atoms with E-state index in [4.69, 9.17) is 4.74 Å². The zero-order valence-electron chi connectivity index (χ0n) is 20.1. The van der Waals surface area contributed by atoms with Crippen LogP contribution in [0.25, 0.3) is 0 Å². The van der Waals surface area contributed by atoms with E-state index in [9.17, 15) is 4.79 Å². The molecule has 0 unspecified atom stereocenters.